The predicted octanol–water partition coefficient (Wildman–Crippen LogP) is 2.43. The summed E-state index contributed by atoms with van der Waals surface area (Å²) in [4.78, 5) is 43.7. The molecule has 33 heavy (non-hydrogen) atoms. The molecule has 9 nitrogen and oxygen atoms in total. The van der Waals surface area contributed by atoms with Crippen LogP contribution in [0.5, 0.6) is 0 Å². The van der Waals surface area contributed by atoms with Crippen LogP contribution in [-0.2, 0) is 20.1 Å². The fourth-order valence-corrected chi connectivity index (χ4v) is 4.07. The first-order chi connectivity index (χ1) is 15.8. The fourth-order valence-electron chi connectivity index (χ4n) is 4.07. The maximum Gasteiger partial charge on any atom is 0.332 e. The molecule has 4 aromatic heterocycles. The van der Waals surface area contributed by atoms with Crippen LogP contribution < -0.4 is 11.2 Å². The third kappa shape index (κ3) is 3.13. The molecule has 0 bridgehead atoms. The van der Waals surface area contributed by atoms with Crippen molar-refractivity contribution in [3.63, 3.8) is 0 Å². The van der Waals surface area contributed by atoms with Crippen LogP contribution in [0.1, 0.15) is 27.5 Å². The first kappa shape index (κ1) is 20.7. The molecular weight excluding hydrogens is 429 g/mol. The van der Waals surface area contributed by atoms with E-state index in [1.165, 1.54) is 23.7 Å². The molecule has 0 radical (unpaired) electrons. The Kier molecular flexibility index (Phi) is 4.66. The molecule has 5 aromatic rings. The Hall–Kier alpha value is -4.21. The Balaban J connectivity index is 1.70. The number of ketones is 1. The molecular formula is C23H20FN5O4. The van der Waals surface area contributed by atoms with Crippen LogP contribution in [0, 0.1) is 19.7 Å². The van der Waals surface area contributed by atoms with Gasteiger partial charge < -0.3 is 8.98 Å². The van der Waals surface area contributed by atoms with Gasteiger partial charge in [0.25, 0.3) is 5.56 Å². The SMILES string of the molecule is Cc1c(C)n2c3c(=O)n(CC(=O)c4ccc(F)cc4)c(=O)n(C)c3nc2n1Cc1ccco1. The van der Waals surface area contributed by atoms with Crippen molar-refractivity contribution in [2.24, 2.45) is 7.05 Å². The minimum Gasteiger partial charge on any atom is -0.467 e. The van der Waals surface area contributed by atoms with E-state index in [0.29, 0.717) is 12.3 Å². The van der Waals surface area contributed by atoms with Crippen LogP contribution in [0.2, 0.25) is 0 Å². The van der Waals surface area contributed by atoms with E-state index in [4.69, 9.17) is 4.42 Å². The lowest BCUT2D eigenvalue weighted by molar-refractivity contribution is 0.0969. The largest absolute Gasteiger partial charge is 0.467 e. The summed E-state index contributed by atoms with van der Waals surface area (Å²) in [6.45, 7) is 3.72. The molecule has 0 atom stereocenters. The monoisotopic (exact) mass is 449 g/mol. The summed E-state index contributed by atoms with van der Waals surface area (Å²) < 4.78 is 24.4. The number of benzene rings is 1. The van der Waals surface area contributed by atoms with Gasteiger partial charge in [0, 0.05) is 24.0 Å². The average molecular weight is 449 g/mol. The van der Waals surface area contributed by atoms with Gasteiger partial charge in [0.15, 0.2) is 16.9 Å². The fraction of sp³-hybridized carbons (Fsp3) is 0.217. The molecule has 0 unspecified atom stereocenters. The number of halogens is 1. The van der Waals surface area contributed by atoms with E-state index in [0.717, 1.165) is 33.8 Å². The Morgan fingerprint density at radius 3 is 2.45 bits per heavy atom. The van der Waals surface area contributed by atoms with Gasteiger partial charge in [-0.3, -0.25) is 23.1 Å². The molecule has 0 fully saturated rings. The van der Waals surface area contributed by atoms with Crippen molar-refractivity contribution in [2.45, 2.75) is 26.9 Å². The second-order valence-electron chi connectivity index (χ2n) is 7.92. The van der Waals surface area contributed by atoms with Gasteiger partial charge in [-0.1, -0.05) is 0 Å². The van der Waals surface area contributed by atoms with Crippen LogP contribution in [0.25, 0.3) is 16.9 Å². The molecule has 0 aliphatic carbocycles. The quantitative estimate of drug-likeness (QED) is 0.384. The summed E-state index contributed by atoms with van der Waals surface area (Å²) in [7, 11) is 1.51. The lowest BCUT2D eigenvalue weighted by Crippen LogP contribution is -2.41. The smallest absolute Gasteiger partial charge is 0.332 e. The summed E-state index contributed by atoms with van der Waals surface area (Å²) >= 11 is 0. The van der Waals surface area contributed by atoms with E-state index < -0.39 is 29.4 Å². The summed E-state index contributed by atoms with van der Waals surface area (Å²) in [6, 6.07) is 8.60. The highest BCUT2D eigenvalue weighted by Crippen LogP contribution is 2.22. The number of hydrogen-bond donors (Lipinski definition) is 0. The first-order valence-corrected chi connectivity index (χ1v) is 10.3. The zero-order chi connectivity index (χ0) is 23.4. The number of fused-ring (bicyclic) bond motifs is 3. The third-order valence-corrected chi connectivity index (χ3v) is 5.99. The van der Waals surface area contributed by atoms with E-state index in [-0.39, 0.29) is 16.7 Å². The van der Waals surface area contributed by atoms with Crippen molar-refractivity contribution in [1.29, 1.82) is 0 Å². The van der Waals surface area contributed by atoms with Gasteiger partial charge in [0.2, 0.25) is 5.78 Å². The Bertz CT molecular complexity index is 1650. The second kappa shape index (κ2) is 7.44. The van der Waals surface area contributed by atoms with E-state index in [1.807, 2.05) is 24.5 Å². The number of hydrogen-bond acceptors (Lipinski definition) is 5. The van der Waals surface area contributed by atoms with Gasteiger partial charge >= 0.3 is 5.69 Å². The number of rotatable bonds is 5. The third-order valence-electron chi connectivity index (χ3n) is 5.99. The van der Waals surface area contributed by atoms with Gasteiger partial charge in [-0.15, -0.1) is 0 Å². The maximum absolute atomic E-state index is 13.4. The zero-order valence-electron chi connectivity index (χ0n) is 18.2. The number of Topliss-reactive ketones (excluding diaryl/α,β-unsaturated/α-hetero) is 1. The first-order valence-electron chi connectivity index (χ1n) is 10.3. The Morgan fingerprint density at radius 2 is 1.79 bits per heavy atom. The number of carbonyl (C=O) groups excluding carboxylic acids is 1. The number of carbonyl (C=O) groups is 1. The van der Waals surface area contributed by atoms with Crippen molar-refractivity contribution in [3.05, 3.63) is 92.0 Å². The highest BCUT2D eigenvalue weighted by Gasteiger charge is 2.24. The lowest BCUT2D eigenvalue weighted by atomic mass is 10.1. The molecule has 1 aromatic carbocycles. The van der Waals surface area contributed by atoms with Crippen LogP contribution in [0.3, 0.4) is 0 Å². The number of furan rings is 1. The van der Waals surface area contributed by atoms with Crippen molar-refractivity contribution in [2.75, 3.05) is 0 Å². The number of nitrogens with zero attached hydrogens (tertiary/aromatic N) is 5. The van der Waals surface area contributed by atoms with E-state index in [2.05, 4.69) is 4.98 Å². The van der Waals surface area contributed by atoms with E-state index in [1.54, 1.807) is 16.7 Å². The Labute approximate surface area is 185 Å². The van der Waals surface area contributed by atoms with Gasteiger partial charge in [0.1, 0.15) is 11.6 Å². The van der Waals surface area contributed by atoms with Crippen molar-refractivity contribution < 1.29 is 13.6 Å². The van der Waals surface area contributed by atoms with Gasteiger partial charge in [-0.2, -0.15) is 4.98 Å². The second-order valence-corrected chi connectivity index (χ2v) is 7.92. The topological polar surface area (TPSA) is 96.4 Å². The van der Waals surface area contributed by atoms with Crippen LogP contribution in [-0.4, -0.2) is 28.9 Å². The standard InChI is InChI=1S/C23H20FN5O4/c1-13-14(2)29-19-20(25-22(29)27(13)11-17-5-4-10-33-17)26(3)23(32)28(21(19)31)12-18(30)15-6-8-16(24)9-7-15/h4-10H,11-12H2,1-3H3. The molecule has 0 saturated carbocycles. The number of aryl methyl sites for hydroxylation is 2. The number of imidazole rings is 2. The number of aromatic nitrogens is 5. The molecule has 0 amide bonds. The average Bonchev–Trinajstić information content (AvgIpc) is 3.50. The van der Waals surface area contributed by atoms with Crippen LogP contribution in [0.4, 0.5) is 4.39 Å². The molecule has 5 rings (SSSR count). The molecule has 0 aliphatic rings. The Morgan fingerprint density at radius 1 is 1.06 bits per heavy atom. The minimum atomic E-state index is -0.657. The van der Waals surface area contributed by atoms with E-state index >= 15 is 0 Å². The normalized spacial score (nSPS) is 11.6. The summed E-state index contributed by atoms with van der Waals surface area (Å²) in [5, 5.41) is 0. The lowest BCUT2D eigenvalue weighted by Gasteiger charge is -2.08. The molecule has 168 valence electrons. The predicted molar refractivity (Wildman–Crippen MR) is 118 cm³/mol. The van der Waals surface area contributed by atoms with Gasteiger partial charge in [-0.25, -0.2) is 9.18 Å². The molecule has 0 N–H and O–H groups in total. The molecule has 0 aliphatic heterocycles. The molecule has 0 saturated heterocycles. The van der Waals surface area contributed by atoms with Crippen molar-refractivity contribution in [3.8, 4) is 0 Å². The minimum absolute atomic E-state index is 0.206. The highest BCUT2D eigenvalue weighted by atomic mass is 19.1. The van der Waals surface area contributed by atoms with Gasteiger partial charge in [-0.05, 0) is 50.2 Å². The summed E-state index contributed by atoms with van der Waals surface area (Å²) in [5.41, 5.74) is 1.04. The van der Waals surface area contributed by atoms with Crippen LogP contribution >= 0.6 is 0 Å². The highest BCUT2D eigenvalue weighted by molar-refractivity contribution is 5.96. The van der Waals surface area contributed by atoms with Gasteiger partial charge in [0.05, 0.1) is 19.4 Å². The molecule has 4 heterocycles. The van der Waals surface area contributed by atoms with Crippen molar-refractivity contribution in [1.82, 2.24) is 23.1 Å². The van der Waals surface area contributed by atoms with Crippen molar-refractivity contribution >= 4 is 22.7 Å². The van der Waals surface area contributed by atoms with Crippen LogP contribution in [0.15, 0.2) is 56.7 Å². The molecule has 0 spiro atoms. The zero-order valence-corrected chi connectivity index (χ0v) is 18.2. The summed E-state index contributed by atoms with van der Waals surface area (Å²) in [5.74, 6) is 0.259. The van der Waals surface area contributed by atoms with E-state index in [9.17, 15) is 18.8 Å². The maximum atomic E-state index is 13.4. The summed E-state index contributed by atoms with van der Waals surface area (Å²) in [6.07, 6.45) is 1.58. The molecule has 10 heteroatoms.